The van der Waals surface area contributed by atoms with E-state index in [0.717, 1.165) is 94.4 Å². The number of carbonyl (C=O) groups is 4. The van der Waals surface area contributed by atoms with E-state index in [1.54, 1.807) is 6.07 Å². The van der Waals surface area contributed by atoms with Crippen LogP contribution in [0.1, 0.15) is 134 Å². The molecule has 8 nitrogen and oxygen atoms in total. The SMILES string of the molecule is C=CC(=O)OCCC[C@H]1CC[C@H]([C@H]2CC[C@H](C(=O)Oc3ccc(C)cc3OC(=O)[C@H]3CC[C@H]([C@H]4CC[C@H](CCCOC(=O)C=C)CC4)CC3)CC2)CC1. The highest BCUT2D eigenvalue weighted by atomic mass is 16.6. The van der Waals surface area contributed by atoms with Gasteiger partial charge in [-0.15, -0.1) is 0 Å². The lowest BCUT2D eigenvalue weighted by atomic mass is 9.68. The van der Waals surface area contributed by atoms with Crippen molar-refractivity contribution in [3.8, 4) is 11.5 Å². The summed E-state index contributed by atoms with van der Waals surface area (Å²) in [5, 5.41) is 0. The van der Waals surface area contributed by atoms with E-state index in [1.807, 2.05) is 19.1 Å². The van der Waals surface area contributed by atoms with E-state index in [0.29, 0.717) is 48.4 Å². The normalized spacial score (nSPS) is 28.9. The molecule has 0 saturated heterocycles. The zero-order valence-electron chi connectivity index (χ0n) is 32.2. The average molecular weight is 733 g/mol. The van der Waals surface area contributed by atoms with Crippen LogP contribution in [0.15, 0.2) is 43.5 Å². The largest absolute Gasteiger partial charge is 0.463 e. The van der Waals surface area contributed by atoms with E-state index in [1.165, 1.54) is 63.5 Å². The number of esters is 4. The van der Waals surface area contributed by atoms with Crippen molar-refractivity contribution in [2.24, 2.45) is 47.3 Å². The first-order chi connectivity index (χ1) is 25.7. The molecular weight excluding hydrogens is 668 g/mol. The Morgan fingerprint density at radius 2 is 0.943 bits per heavy atom. The molecule has 0 radical (unpaired) electrons. The minimum absolute atomic E-state index is 0.127. The maximum Gasteiger partial charge on any atom is 0.330 e. The molecule has 0 atom stereocenters. The highest BCUT2D eigenvalue weighted by Gasteiger charge is 2.36. The van der Waals surface area contributed by atoms with Gasteiger partial charge in [0.05, 0.1) is 25.0 Å². The van der Waals surface area contributed by atoms with Gasteiger partial charge in [0.2, 0.25) is 0 Å². The van der Waals surface area contributed by atoms with E-state index >= 15 is 0 Å². The summed E-state index contributed by atoms with van der Waals surface area (Å²) >= 11 is 0. The molecule has 0 heterocycles. The van der Waals surface area contributed by atoms with Crippen LogP contribution in [-0.4, -0.2) is 37.1 Å². The molecule has 1 aromatic carbocycles. The van der Waals surface area contributed by atoms with Crippen LogP contribution in [0.5, 0.6) is 11.5 Å². The molecule has 0 spiro atoms. The maximum absolute atomic E-state index is 13.4. The van der Waals surface area contributed by atoms with Gasteiger partial charge in [-0.2, -0.15) is 0 Å². The third-order valence-corrected chi connectivity index (χ3v) is 13.2. The number of hydrogen-bond acceptors (Lipinski definition) is 8. The lowest BCUT2D eigenvalue weighted by molar-refractivity contribution is -0.143. The molecule has 4 aliphatic carbocycles. The molecular formula is C45H64O8. The molecule has 0 aromatic heterocycles. The van der Waals surface area contributed by atoms with E-state index in [2.05, 4.69) is 13.2 Å². The molecule has 0 bridgehead atoms. The summed E-state index contributed by atoms with van der Waals surface area (Å²) in [5.41, 5.74) is 0.955. The summed E-state index contributed by atoms with van der Waals surface area (Å²) in [5.74, 6) is 3.56. The first kappa shape index (κ1) is 40.8. The number of ether oxygens (including phenoxy) is 4. The van der Waals surface area contributed by atoms with E-state index < -0.39 is 0 Å². The first-order valence-corrected chi connectivity index (χ1v) is 20.8. The van der Waals surface area contributed by atoms with Gasteiger partial charge in [-0.25, -0.2) is 9.59 Å². The van der Waals surface area contributed by atoms with Gasteiger partial charge < -0.3 is 18.9 Å². The summed E-state index contributed by atoms with van der Waals surface area (Å²) in [6.07, 6.45) is 24.0. The molecule has 1 aromatic rings. The molecule has 5 rings (SSSR count). The van der Waals surface area contributed by atoms with Gasteiger partial charge in [-0.3, -0.25) is 9.59 Å². The Labute approximate surface area is 317 Å². The highest BCUT2D eigenvalue weighted by molar-refractivity contribution is 5.81. The van der Waals surface area contributed by atoms with Gasteiger partial charge in [0.25, 0.3) is 0 Å². The van der Waals surface area contributed by atoms with Crippen molar-refractivity contribution in [1.82, 2.24) is 0 Å². The molecule has 0 unspecified atom stereocenters. The van der Waals surface area contributed by atoms with Crippen LogP contribution in [0.4, 0.5) is 0 Å². The number of rotatable bonds is 16. The summed E-state index contributed by atoms with van der Waals surface area (Å²) in [6.45, 7) is 9.79. The van der Waals surface area contributed by atoms with Crippen molar-refractivity contribution in [2.45, 2.75) is 135 Å². The second-order valence-corrected chi connectivity index (χ2v) is 16.6. The molecule has 4 aliphatic rings. The molecule has 0 aliphatic heterocycles. The number of aryl methyl sites for hydroxylation is 1. The zero-order valence-corrected chi connectivity index (χ0v) is 32.2. The van der Waals surface area contributed by atoms with Gasteiger partial charge in [0.15, 0.2) is 11.5 Å². The molecule has 4 saturated carbocycles. The number of carbonyl (C=O) groups excluding carboxylic acids is 4. The average Bonchev–Trinajstić information content (AvgIpc) is 3.19. The second-order valence-electron chi connectivity index (χ2n) is 16.6. The molecule has 0 N–H and O–H groups in total. The Balaban J connectivity index is 0.998. The minimum atomic E-state index is -0.343. The van der Waals surface area contributed by atoms with E-state index in [4.69, 9.17) is 18.9 Å². The van der Waals surface area contributed by atoms with Crippen molar-refractivity contribution in [3.63, 3.8) is 0 Å². The fourth-order valence-electron chi connectivity index (χ4n) is 9.92. The lowest BCUT2D eigenvalue weighted by Crippen LogP contribution is -2.31. The standard InChI is InChI=1S/C45H64O8/c1-4-42(46)50-28-6-8-32-11-15-34(16-12-32)36-19-23-38(24-20-36)44(48)52-40-27-10-31(3)30-41(40)53-45(49)39-25-21-37(22-26-39)35-17-13-33(14-18-35)9-7-29-51-43(47)5-2/h4-5,10,27,30,32-39H,1-2,6-9,11-26,28-29H2,3H3/t32-,33-,34-,35-,36-,37-,38-,39-. The third-order valence-electron chi connectivity index (χ3n) is 13.2. The number of hydrogen-bond donors (Lipinski definition) is 0. The molecule has 4 fully saturated rings. The topological polar surface area (TPSA) is 105 Å². The smallest absolute Gasteiger partial charge is 0.330 e. The van der Waals surface area contributed by atoms with E-state index in [9.17, 15) is 19.2 Å². The molecule has 292 valence electrons. The quantitative estimate of drug-likeness (QED) is 0.0716. The molecule has 8 heteroatoms. The Morgan fingerprint density at radius 3 is 1.34 bits per heavy atom. The Hall–Kier alpha value is -3.42. The Kier molecular flexibility index (Phi) is 16.1. The summed E-state index contributed by atoms with van der Waals surface area (Å²) in [4.78, 5) is 49.3. The van der Waals surface area contributed by atoms with Crippen LogP contribution in [0.3, 0.4) is 0 Å². The highest BCUT2D eigenvalue weighted by Crippen LogP contribution is 2.44. The van der Waals surface area contributed by atoms with Crippen LogP contribution in [0, 0.1) is 54.3 Å². The summed E-state index contributed by atoms with van der Waals surface area (Å²) in [7, 11) is 0. The van der Waals surface area contributed by atoms with E-state index in [-0.39, 0.29) is 35.7 Å². The van der Waals surface area contributed by atoms with Crippen molar-refractivity contribution >= 4 is 23.9 Å². The fourth-order valence-corrected chi connectivity index (χ4v) is 9.92. The minimum Gasteiger partial charge on any atom is -0.463 e. The third kappa shape index (κ3) is 12.6. The predicted octanol–water partition coefficient (Wildman–Crippen LogP) is 10.1. The number of benzene rings is 1. The van der Waals surface area contributed by atoms with Crippen molar-refractivity contribution < 1.29 is 38.1 Å². The van der Waals surface area contributed by atoms with Crippen LogP contribution < -0.4 is 9.47 Å². The molecule has 0 amide bonds. The van der Waals surface area contributed by atoms with Crippen molar-refractivity contribution in [2.75, 3.05) is 13.2 Å². The van der Waals surface area contributed by atoms with Gasteiger partial charge in [0.1, 0.15) is 0 Å². The predicted molar refractivity (Wildman–Crippen MR) is 205 cm³/mol. The van der Waals surface area contributed by atoms with Crippen LogP contribution in [0.2, 0.25) is 0 Å². The van der Waals surface area contributed by atoms with Crippen LogP contribution in [-0.2, 0) is 28.7 Å². The fraction of sp³-hybridized carbons (Fsp3) is 0.689. The van der Waals surface area contributed by atoms with Gasteiger partial charge in [0, 0.05) is 12.2 Å². The van der Waals surface area contributed by atoms with Gasteiger partial charge in [-0.05, 0) is 163 Å². The Morgan fingerprint density at radius 1 is 0.566 bits per heavy atom. The first-order valence-electron chi connectivity index (χ1n) is 20.8. The van der Waals surface area contributed by atoms with Crippen molar-refractivity contribution in [3.05, 3.63) is 49.1 Å². The zero-order chi connectivity index (χ0) is 37.6. The molecule has 53 heavy (non-hydrogen) atoms. The van der Waals surface area contributed by atoms with Crippen LogP contribution >= 0.6 is 0 Å². The maximum atomic E-state index is 13.4. The van der Waals surface area contributed by atoms with Crippen LogP contribution in [0.25, 0.3) is 0 Å². The summed E-state index contributed by atoms with van der Waals surface area (Å²) < 4.78 is 22.2. The monoisotopic (exact) mass is 732 g/mol. The van der Waals surface area contributed by atoms with Crippen molar-refractivity contribution in [1.29, 1.82) is 0 Å². The lowest BCUT2D eigenvalue weighted by Gasteiger charge is -2.37. The van der Waals surface area contributed by atoms with Gasteiger partial charge >= 0.3 is 23.9 Å². The Bertz CT molecular complexity index is 1370. The second kappa shape index (κ2) is 20.9. The summed E-state index contributed by atoms with van der Waals surface area (Å²) in [6, 6.07) is 5.48. The van der Waals surface area contributed by atoms with Gasteiger partial charge in [-0.1, -0.05) is 44.9 Å².